The molecular weight excluding hydrogens is 194 g/mol. The number of rotatable bonds is 4. The van der Waals surface area contributed by atoms with E-state index in [1.165, 1.54) is 12.8 Å². The minimum atomic E-state index is 0.452. The SMILES string of the molecule is Cc1nc(COCC2CCCNC2)no1. The predicted molar refractivity (Wildman–Crippen MR) is 54.3 cm³/mol. The molecule has 1 fully saturated rings. The number of nitrogens with one attached hydrogen (secondary N) is 1. The molecule has 1 unspecified atom stereocenters. The average molecular weight is 211 g/mol. The van der Waals surface area contributed by atoms with Crippen LogP contribution in [0.4, 0.5) is 0 Å². The molecule has 1 N–H and O–H groups in total. The normalized spacial score (nSPS) is 21.8. The molecule has 5 nitrogen and oxygen atoms in total. The second-order valence-electron chi connectivity index (χ2n) is 3.96. The third-order valence-electron chi connectivity index (χ3n) is 2.55. The summed E-state index contributed by atoms with van der Waals surface area (Å²) >= 11 is 0. The van der Waals surface area contributed by atoms with Gasteiger partial charge in [0.05, 0.1) is 6.61 Å². The number of ether oxygens (including phenoxy) is 1. The van der Waals surface area contributed by atoms with Gasteiger partial charge in [-0.05, 0) is 25.3 Å². The molecule has 5 heteroatoms. The molecule has 1 aliphatic rings. The summed E-state index contributed by atoms with van der Waals surface area (Å²) in [5.41, 5.74) is 0. The molecule has 1 saturated heterocycles. The molecule has 2 heterocycles. The van der Waals surface area contributed by atoms with Crippen molar-refractivity contribution in [2.24, 2.45) is 5.92 Å². The van der Waals surface area contributed by atoms with Crippen LogP contribution in [0, 0.1) is 12.8 Å². The highest BCUT2D eigenvalue weighted by Crippen LogP contribution is 2.10. The molecule has 1 aromatic heterocycles. The maximum absolute atomic E-state index is 5.55. The lowest BCUT2D eigenvalue weighted by atomic mass is 10.0. The molecule has 0 bridgehead atoms. The van der Waals surface area contributed by atoms with Crippen molar-refractivity contribution in [2.45, 2.75) is 26.4 Å². The zero-order valence-electron chi connectivity index (χ0n) is 9.03. The van der Waals surface area contributed by atoms with Gasteiger partial charge >= 0.3 is 0 Å². The van der Waals surface area contributed by atoms with Gasteiger partial charge in [-0.15, -0.1) is 0 Å². The van der Waals surface area contributed by atoms with Crippen molar-refractivity contribution in [2.75, 3.05) is 19.7 Å². The largest absolute Gasteiger partial charge is 0.373 e. The molecule has 15 heavy (non-hydrogen) atoms. The van der Waals surface area contributed by atoms with Crippen molar-refractivity contribution in [1.29, 1.82) is 0 Å². The van der Waals surface area contributed by atoms with E-state index in [0.717, 1.165) is 19.7 Å². The summed E-state index contributed by atoms with van der Waals surface area (Å²) in [5.74, 6) is 1.86. The summed E-state index contributed by atoms with van der Waals surface area (Å²) in [5, 5.41) is 7.13. The van der Waals surface area contributed by atoms with Gasteiger partial charge in [-0.1, -0.05) is 5.16 Å². The van der Waals surface area contributed by atoms with Crippen molar-refractivity contribution in [3.05, 3.63) is 11.7 Å². The zero-order valence-corrected chi connectivity index (χ0v) is 9.03. The van der Waals surface area contributed by atoms with Crippen LogP contribution in [-0.2, 0) is 11.3 Å². The second kappa shape index (κ2) is 5.23. The topological polar surface area (TPSA) is 60.2 Å². The molecule has 84 valence electrons. The van der Waals surface area contributed by atoms with Gasteiger partial charge in [0.2, 0.25) is 5.89 Å². The summed E-state index contributed by atoms with van der Waals surface area (Å²) in [6.07, 6.45) is 2.49. The first-order chi connectivity index (χ1) is 7.34. The monoisotopic (exact) mass is 211 g/mol. The van der Waals surface area contributed by atoms with Gasteiger partial charge in [-0.2, -0.15) is 4.98 Å². The minimum Gasteiger partial charge on any atom is -0.373 e. The molecule has 0 saturated carbocycles. The summed E-state index contributed by atoms with van der Waals surface area (Å²) in [4.78, 5) is 4.07. The number of nitrogens with zero attached hydrogens (tertiary/aromatic N) is 2. The first kappa shape index (κ1) is 10.6. The van der Waals surface area contributed by atoms with Crippen LogP contribution in [0.1, 0.15) is 24.6 Å². The fourth-order valence-corrected chi connectivity index (χ4v) is 1.78. The lowest BCUT2D eigenvalue weighted by Crippen LogP contribution is -2.32. The minimum absolute atomic E-state index is 0.452. The Morgan fingerprint density at radius 2 is 2.53 bits per heavy atom. The predicted octanol–water partition coefficient (Wildman–Crippen LogP) is 0.894. The molecule has 0 aliphatic carbocycles. The molecule has 0 amide bonds. The molecular formula is C10H17N3O2. The van der Waals surface area contributed by atoms with Crippen LogP contribution in [0.25, 0.3) is 0 Å². The summed E-state index contributed by atoms with van der Waals surface area (Å²) in [6.45, 7) is 5.21. The Bertz CT molecular complexity index is 295. The zero-order chi connectivity index (χ0) is 10.5. The van der Waals surface area contributed by atoms with Crippen LogP contribution >= 0.6 is 0 Å². The van der Waals surface area contributed by atoms with E-state index in [-0.39, 0.29) is 0 Å². The van der Waals surface area contributed by atoms with Gasteiger partial charge < -0.3 is 14.6 Å². The van der Waals surface area contributed by atoms with Crippen LogP contribution < -0.4 is 5.32 Å². The number of piperidine rings is 1. The Morgan fingerprint density at radius 3 is 3.20 bits per heavy atom. The Kier molecular flexibility index (Phi) is 3.69. The summed E-state index contributed by atoms with van der Waals surface area (Å²) in [7, 11) is 0. The summed E-state index contributed by atoms with van der Waals surface area (Å²) < 4.78 is 10.4. The number of hydrogen-bond donors (Lipinski definition) is 1. The highest BCUT2D eigenvalue weighted by atomic mass is 16.5. The fourth-order valence-electron chi connectivity index (χ4n) is 1.78. The van der Waals surface area contributed by atoms with Crippen LogP contribution in [0.2, 0.25) is 0 Å². The van der Waals surface area contributed by atoms with Crippen LogP contribution in [0.5, 0.6) is 0 Å². The highest BCUT2D eigenvalue weighted by Gasteiger charge is 2.13. The van der Waals surface area contributed by atoms with Crippen molar-refractivity contribution >= 4 is 0 Å². The van der Waals surface area contributed by atoms with E-state index in [1.54, 1.807) is 6.92 Å². The number of hydrogen-bond acceptors (Lipinski definition) is 5. The number of aromatic nitrogens is 2. The van der Waals surface area contributed by atoms with E-state index in [9.17, 15) is 0 Å². The van der Waals surface area contributed by atoms with E-state index in [0.29, 0.717) is 24.2 Å². The van der Waals surface area contributed by atoms with Gasteiger partial charge in [-0.25, -0.2) is 0 Å². The van der Waals surface area contributed by atoms with Crippen LogP contribution in [-0.4, -0.2) is 29.8 Å². The van der Waals surface area contributed by atoms with Crippen molar-refractivity contribution in [1.82, 2.24) is 15.5 Å². The van der Waals surface area contributed by atoms with E-state index in [2.05, 4.69) is 15.5 Å². The first-order valence-electron chi connectivity index (χ1n) is 5.42. The van der Waals surface area contributed by atoms with E-state index >= 15 is 0 Å². The molecule has 0 aromatic carbocycles. The van der Waals surface area contributed by atoms with Crippen LogP contribution in [0.3, 0.4) is 0 Å². The summed E-state index contributed by atoms with van der Waals surface area (Å²) in [6, 6.07) is 0. The van der Waals surface area contributed by atoms with Gasteiger partial charge in [0.25, 0.3) is 0 Å². The average Bonchev–Trinajstić information content (AvgIpc) is 2.66. The molecule has 1 atom stereocenters. The molecule has 2 rings (SSSR count). The van der Waals surface area contributed by atoms with E-state index in [4.69, 9.17) is 9.26 Å². The fraction of sp³-hybridized carbons (Fsp3) is 0.800. The highest BCUT2D eigenvalue weighted by molar-refractivity contribution is 4.80. The van der Waals surface area contributed by atoms with Gasteiger partial charge in [-0.3, -0.25) is 0 Å². The molecule has 1 aliphatic heterocycles. The second-order valence-corrected chi connectivity index (χ2v) is 3.96. The van der Waals surface area contributed by atoms with Gasteiger partial charge in [0.15, 0.2) is 5.82 Å². The Morgan fingerprint density at radius 1 is 1.60 bits per heavy atom. The molecule has 0 spiro atoms. The van der Waals surface area contributed by atoms with Crippen LogP contribution in [0.15, 0.2) is 4.52 Å². The van der Waals surface area contributed by atoms with Crippen molar-refractivity contribution < 1.29 is 9.26 Å². The lowest BCUT2D eigenvalue weighted by Gasteiger charge is -2.22. The first-order valence-corrected chi connectivity index (χ1v) is 5.42. The number of aryl methyl sites for hydroxylation is 1. The smallest absolute Gasteiger partial charge is 0.223 e. The Balaban J connectivity index is 1.65. The van der Waals surface area contributed by atoms with Crippen molar-refractivity contribution in [3.63, 3.8) is 0 Å². The van der Waals surface area contributed by atoms with Crippen molar-refractivity contribution in [3.8, 4) is 0 Å². The van der Waals surface area contributed by atoms with Gasteiger partial charge in [0.1, 0.15) is 6.61 Å². The third kappa shape index (κ3) is 3.28. The standard InChI is InChI=1S/C10H17N3O2/c1-8-12-10(13-15-8)7-14-6-9-3-2-4-11-5-9/h9,11H,2-7H2,1H3. The Labute approximate surface area is 89.2 Å². The third-order valence-corrected chi connectivity index (χ3v) is 2.55. The Hall–Kier alpha value is -0.940. The lowest BCUT2D eigenvalue weighted by molar-refractivity contribution is 0.0730. The quantitative estimate of drug-likeness (QED) is 0.801. The van der Waals surface area contributed by atoms with Gasteiger partial charge in [0, 0.05) is 13.5 Å². The van der Waals surface area contributed by atoms with E-state index in [1.807, 2.05) is 0 Å². The maximum atomic E-state index is 5.55. The maximum Gasteiger partial charge on any atom is 0.223 e. The molecule has 0 radical (unpaired) electrons. The molecule has 1 aromatic rings. The van der Waals surface area contributed by atoms with E-state index < -0.39 is 0 Å².